The van der Waals surface area contributed by atoms with Crippen molar-refractivity contribution in [2.75, 3.05) is 27.9 Å². The lowest BCUT2D eigenvalue weighted by atomic mass is 9.78. The molecular formula is C50H79NO12. The Morgan fingerprint density at radius 1 is 0.841 bits per heavy atom. The predicted octanol–water partition coefficient (Wildman–Crippen LogP) is 6.76. The van der Waals surface area contributed by atoms with Crippen LogP contribution in [-0.4, -0.2) is 126 Å². The second kappa shape index (κ2) is 25.0. The zero-order valence-electron chi connectivity index (χ0n) is 39.5. The molecule has 3 aliphatic heterocycles. The molecule has 0 aromatic rings. The van der Waals surface area contributed by atoms with Crippen molar-refractivity contribution in [3.63, 3.8) is 0 Å². The molecule has 4 aliphatic rings. The first kappa shape index (κ1) is 52.6. The number of piperidine rings is 1. The highest BCUT2D eigenvalue weighted by molar-refractivity contribution is 6.39. The van der Waals surface area contributed by atoms with Crippen LogP contribution in [0.1, 0.15) is 131 Å². The molecule has 1 amide bonds. The number of cyclic esters (lactones) is 1. The highest BCUT2D eigenvalue weighted by Crippen LogP contribution is 2.37. The van der Waals surface area contributed by atoms with Crippen LogP contribution in [0.5, 0.6) is 0 Å². The summed E-state index contributed by atoms with van der Waals surface area (Å²) in [4.78, 5) is 57.6. The molecule has 0 spiro atoms. The molecule has 4 rings (SSSR count). The molecule has 0 aromatic carbocycles. The number of carbonyl (C=O) groups excluding carboxylic acids is 4. The Bertz CT molecular complexity index is 1640. The van der Waals surface area contributed by atoms with E-state index in [1.54, 1.807) is 41.3 Å². The monoisotopic (exact) mass is 886 g/mol. The number of aliphatic hydroxyl groups is 3. The second-order valence-corrected chi connectivity index (χ2v) is 19.3. The lowest BCUT2D eigenvalue weighted by molar-refractivity contribution is -0.265. The van der Waals surface area contributed by atoms with E-state index >= 15 is 0 Å². The molecule has 2 saturated heterocycles. The van der Waals surface area contributed by atoms with Gasteiger partial charge in [0, 0.05) is 53.1 Å². The minimum atomic E-state index is -2.40. The summed E-state index contributed by atoms with van der Waals surface area (Å²) < 4.78 is 29.6. The van der Waals surface area contributed by atoms with Crippen LogP contribution < -0.4 is 0 Å². The van der Waals surface area contributed by atoms with Crippen molar-refractivity contribution < 1.29 is 58.2 Å². The fraction of sp³-hybridized carbons (Fsp3) is 0.760. The van der Waals surface area contributed by atoms with Gasteiger partial charge >= 0.3 is 5.97 Å². The first-order valence-electron chi connectivity index (χ1n) is 23.5. The number of hydrogen-bond donors (Lipinski definition) is 3. The number of hydrogen-bond acceptors (Lipinski definition) is 12. The summed E-state index contributed by atoms with van der Waals surface area (Å²) in [5.41, 5.74) is 1.54. The molecule has 3 N–H and O–H groups in total. The number of fused-ring (bicyclic) bond motifs is 3. The Kier molecular flexibility index (Phi) is 20.9. The zero-order valence-corrected chi connectivity index (χ0v) is 39.5. The topological polar surface area (TPSA) is 178 Å². The Labute approximate surface area is 376 Å². The first-order chi connectivity index (χ1) is 29.9. The predicted molar refractivity (Wildman–Crippen MR) is 240 cm³/mol. The average molecular weight is 886 g/mol. The van der Waals surface area contributed by atoms with Gasteiger partial charge in [0.2, 0.25) is 5.79 Å². The molecule has 1 unspecified atom stereocenters. The molecule has 0 radical (unpaired) electrons. The van der Waals surface area contributed by atoms with Crippen LogP contribution >= 0.6 is 0 Å². The molecule has 14 atom stereocenters. The maximum absolute atomic E-state index is 14.3. The summed E-state index contributed by atoms with van der Waals surface area (Å²) in [5, 5.41) is 33.7. The number of ether oxygens (including phenoxy) is 5. The van der Waals surface area contributed by atoms with Gasteiger partial charge in [0.25, 0.3) is 11.7 Å². The van der Waals surface area contributed by atoms with Gasteiger partial charge in [0.15, 0.2) is 0 Å². The van der Waals surface area contributed by atoms with E-state index in [0.29, 0.717) is 63.4 Å². The molecule has 2 bridgehead atoms. The van der Waals surface area contributed by atoms with Crippen LogP contribution in [0, 0.1) is 29.6 Å². The Morgan fingerprint density at radius 3 is 2.27 bits per heavy atom. The lowest BCUT2D eigenvalue weighted by Crippen LogP contribution is -2.61. The largest absolute Gasteiger partial charge is 0.460 e. The van der Waals surface area contributed by atoms with E-state index < -0.39 is 65.9 Å². The molecule has 63 heavy (non-hydrogen) atoms. The standard InChI is InChI=1S/C50H79NO12/c1-31-15-11-10-12-16-33(3)42(59-7)30-39-22-19-36(6)50(58,63-39)47(55)48(56)51-24-14-13-17-40(51)49(57)62-43(35(5)27-37-20-23-41(53)44(28-37)60-8)29-38(52)21-18-34(4)46(54)45(61-9)26-32(2)25-31/h10-12,15-16,18,31-32,35-37,39-46,53-54,58H,13-14,17,19-30H2,1-9H3/b12-10+,15-11+,33-16+,34-18+/t31-,32-,35-,36-,37+,39?,40+,41-,42+,43+,44-,45+,46-,50-/m1/s1. The fourth-order valence-electron chi connectivity index (χ4n) is 10.0. The fourth-order valence-corrected chi connectivity index (χ4v) is 10.0. The SMILES string of the molecule is CO[C@H]1CC2CC[C@@H](C)[C@@](O)(O2)C(=O)C(=O)N2CCCC[C@H]2C(=O)O[C@H]([C@H](C)C[C@@H]2CC[C@@H](O)[C@H](OC)C2)CC(=O)C/C=C(\C)[C@@H](O)[C@@H](OC)C[C@H](C)C[C@H](C)/C=C/C=C/C=C/1C. The van der Waals surface area contributed by atoms with Crippen molar-refractivity contribution >= 4 is 23.4 Å². The molecule has 3 heterocycles. The number of aliphatic hydroxyl groups excluding tert-OH is 2. The third-order valence-corrected chi connectivity index (χ3v) is 14.2. The van der Waals surface area contributed by atoms with Crippen molar-refractivity contribution in [3.8, 4) is 0 Å². The maximum atomic E-state index is 14.3. The van der Waals surface area contributed by atoms with E-state index in [-0.39, 0.29) is 67.5 Å². The number of amides is 1. The van der Waals surface area contributed by atoms with Crippen molar-refractivity contribution in [1.82, 2.24) is 4.90 Å². The van der Waals surface area contributed by atoms with Crippen LogP contribution in [0.3, 0.4) is 0 Å². The van der Waals surface area contributed by atoms with Gasteiger partial charge in [0.1, 0.15) is 24.0 Å². The number of methoxy groups -OCH3 is 3. The first-order valence-corrected chi connectivity index (χ1v) is 23.5. The molecule has 1 saturated carbocycles. The molecule has 13 nitrogen and oxygen atoms in total. The maximum Gasteiger partial charge on any atom is 0.329 e. The van der Waals surface area contributed by atoms with E-state index in [2.05, 4.69) is 19.9 Å². The zero-order chi connectivity index (χ0) is 46.4. The summed E-state index contributed by atoms with van der Waals surface area (Å²) in [6.45, 7) is 11.8. The summed E-state index contributed by atoms with van der Waals surface area (Å²) in [6, 6.07) is -1.10. The highest BCUT2D eigenvalue weighted by atomic mass is 16.6. The highest BCUT2D eigenvalue weighted by Gasteiger charge is 2.53. The van der Waals surface area contributed by atoms with Crippen molar-refractivity contribution in [1.29, 1.82) is 0 Å². The minimum Gasteiger partial charge on any atom is -0.460 e. The van der Waals surface area contributed by atoms with Crippen molar-refractivity contribution in [3.05, 3.63) is 47.6 Å². The second-order valence-electron chi connectivity index (χ2n) is 19.3. The molecule has 356 valence electrons. The van der Waals surface area contributed by atoms with Crippen molar-refractivity contribution in [2.24, 2.45) is 29.6 Å². The van der Waals surface area contributed by atoms with Crippen LogP contribution in [-0.2, 0) is 42.9 Å². The summed E-state index contributed by atoms with van der Waals surface area (Å²) in [7, 11) is 4.77. The van der Waals surface area contributed by atoms with Crippen LogP contribution in [0.4, 0.5) is 0 Å². The number of rotatable bonds is 6. The van der Waals surface area contributed by atoms with Crippen LogP contribution in [0.15, 0.2) is 47.6 Å². The molecule has 0 aromatic heterocycles. The normalized spacial score (nSPS) is 40.1. The number of allylic oxidation sites excluding steroid dienone is 6. The van der Waals surface area contributed by atoms with E-state index in [1.807, 2.05) is 38.2 Å². The van der Waals surface area contributed by atoms with Gasteiger partial charge in [-0.05, 0) is 119 Å². The van der Waals surface area contributed by atoms with E-state index in [4.69, 9.17) is 23.7 Å². The van der Waals surface area contributed by atoms with E-state index in [0.717, 1.165) is 18.4 Å². The van der Waals surface area contributed by atoms with Gasteiger partial charge in [0.05, 0.1) is 30.5 Å². The molecule has 3 fully saturated rings. The number of ketones is 2. The van der Waals surface area contributed by atoms with Gasteiger partial charge in [-0.1, -0.05) is 64.2 Å². The van der Waals surface area contributed by atoms with Crippen LogP contribution in [0.25, 0.3) is 0 Å². The minimum absolute atomic E-state index is 0.00646. The van der Waals surface area contributed by atoms with E-state index in [1.165, 1.54) is 4.90 Å². The Morgan fingerprint density at radius 2 is 1.57 bits per heavy atom. The number of esters is 1. The van der Waals surface area contributed by atoms with Crippen LogP contribution in [0.2, 0.25) is 0 Å². The number of Topliss-reactive ketones (excluding diaryl/α,β-unsaturated/α-hetero) is 2. The molecular weight excluding hydrogens is 807 g/mol. The van der Waals surface area contributed by atoms with Gasteiger partial charge in [-0.15, -0.1) is 0 Å². The quantitative estimate of drug-likeness (QED) is 0.145. The van der Waals surface area contributed by atoms with Gasteiger partial charge in [-0.25, -0.2) is 4.79 Å². The van der Waals surface area contributed by atoms with Gasteiger partial charge in [-0.3, -0.25) is 14.4 Å². The Balaban J connectivity index is 1.66. The smallest absolute Gasteiger partial charge is 0.329 e. The molecule has 13 heteroatoms. The Hall–Kier alpha value is -3.04. The molecule has 1 aliphatic carbocycles. The van der Waals surface area contributed by atoms with Gasteiger partial charge in [-0.2, -0.15) is 0 Å². The third-order valence-electron chi connectivity index (χ3n) is 14.2. The summed E-state index contributed by atoms with van der Waals surface area (Å²) in [5.74, 6) is -5.72. The van der Waals surface area contributed by atoms with E-state index in [9.17, 15) is 34.5 Å². The lowest BCUT2D eigenvalue weighted by Gasteiger charge is -2.42. The van der Waals surface area contributed by atoms with Gasteiger partial charge < -0.3 is 43.9 Å². The third kappa shape index (κ3) is 14.7. The summed E-state index contributed by atoms with van der Waals surface area (Å²) >= 11 is 0. The van der Waals surface area contributed by atoms with Crippen molar-refractivity contribution in [2.45, 2.75) is 186 Å². The summed E-state index contributed by atoms with van der Waals surface area (Å²) in [6.07, 6.45) is 14.4. The number of nitrogens with zero attached hydrogens (tertiary/aromatic N) is 1. The average Bonchev–Trinajstić information content (AvgIpc) is 3.26. The number of carbonyl (C=O) groups is 4.